The molecule has 0 saturated heterocycles. The number of aromatic nitrogens is 20. The quantitative estimate of drug-likeness (QED) is 0.0467. The molecule has 0 atom stereocenters. The first-order chi connectivity index (χ1) is 61.6. The molecule has 12 N–H and O–H groups in total. The number of aryl methyl sites for hydroxylation is 1. The van der Waals surface area contributed by atoms with Crippen LogP contribution in [-0.4, -0.2) is 153 Å². The van der Waals surface area contributed by atoms with Gasteiger partial charge in [0.2, 0.25) is 0 Å². The van der Waals surface area contributed by atoms with Crippen LogP contribution in [0.5, 0.6) is 0 Å². The zero-order valence-corrected chi connectivity index (χ0v) is 81.3. The van der Waals surface area contributed by atoms with Crippen LogP contribution in [0.2, 0.25) is 0 Å². The van der Waals surface area contributed by atoms with Crippen molar-refractivity contribution in [3.63, 3.8) is 0 Å². The Labute approximate surface area is 803 Å². The number of carbonyl (C=O) groups is 4. The van der Waals surface area contributed by atoms with E-state index in [1.165, 1.54) is 30.0 Å². The van der Waals surface area contributed by atoms with Gasteiger partial charge in [-0.25, -0.2) is 97.6 Å². The second kappa shape index (κ2) is 40.8. The van der Waals surface area contributed by atoms with Crippen molar-refractivity contribution in [2.45, 2.75) is 97.1 Å². The second-order valence-electron chi connectivity index (χ2n) is 30.1. The van der Waals surface area contributed by atoms with Gasteiger partial charge < -0.3 is 48.4 Å². The molecule has 658 valence electrons. The van der Waals surface area contributed by atoms with Crippen LogP contribution in [0.15, 0.2) is 200 Å². The van der Waals surface area contributed by atoms with E-state index >= 15 is 0 Å². The van der Waals surface area contributed by atoms with Crippen molar-refractivity contribution in [3.05, 3.63) is 253 Å². The number of Topliss-reactive ketones (excluding diaryl/α,β-unsaturated/α-hetero) is 2. The Morgan fingerprint density at radius 1 is 0.426 bits per heavy atom. The number of para-hydroxylation sites is 10. The number of aliphatic imine (C=N–C) groups is 3. The van der Waals surface area contributed by atoms with Crippen LogP contribution in [0.25, 0.3) is 66.2 Å². The Bertz CT molecular complexity index is 7370. The van der Waals surface area contributed by atoms with Gasteiger partial charge in [0.25, 0.3) is 16.7 Å². The highest BCUT2D eigenvalue weighted by Gasteiger charge is 2.29. The summed E-state index contributed by atoms with van der Waals surface area (Å²) in [4.78, 5) is 146. The number of alkyl halides is 2. The van der Waals surface area contributed by atoms with Gasteiger partial charge in [-0.05, 0) is 204 Å². The van der Waals surface area contributed by atoms with Gasteiger partial charge in [-0.2, -0.15) is 15.3 Å². The second-order valence-corrected chi connectivity index (χ2v) is 35.3. The first-order valence-corrected chi connectivity index (χ1v) is 45.3. The fourth-order valence-corrected chi connectivity index (χ4v) is 16.8. The summed E-state index contributed by atoms with van der Waals surface area (Å²) in [5.74, 6) is 1.71. The van der Waals surface area contributed by atoms with E-state index in [0.29, 0.717) is 143 Å². The molecule has 16 aromatic rings. The Balaban J connectivity index is 0.000000133. The van der Waals surface area contributed by atoms with Crippen LogP contribution in [0.4, 0.5) is 55.6 Å². The molecule has 3 aliphatic rings. The number of benzene rings is 6. The van der Waals surface area contributed by atoms with Gasteiger partial charge in [0.15, 0.2) is 28.5 Å². The smallest absolute Gasteiger partial charge is 0.422 e. The van der Waals surface area contributed by atoms with Crippen molar-refractivity contribution in [1.29, 1.82) is 0 Å². The average molecular weight is 2320 g/mol. The maximum absolute atomic E-state index is 13.2. The van der Waals surface area contributed by atoms with Crippen LogP contribution >= 0.6 is 122 Å². The number of nitrogen functional groups attached to an aromatic ring is 6. The molecular formula is C85H77Br2I4N29O9. The van der Waals surface area contributed by atoms with Crippen molar-refractivity contribution in [3.8, 4) is 0 Å². The molecule has 3 aliphatic heterocycles. The summed E-state index contributed by atoms with van der Waals surface area (Å²) in [5, 5.41) is 16.1. The molecule has 0 fully saturated rings. The topological polar surface area (TPSA) is 541 Å². The molecule has 0 saturated carbocycles. The van der Waals surface area contributed by atoms with E-state index in [1.807, 2.05) is 108 Å². The van der Waals surface area contributed by atoms with E-state index in [9.17, 15) is 33.6 Å². The fraction of sp³-hybridized carbons (Fsp3) is 0.200. The minimum absolute atomic E-state index is 0.00240. The highest BCUT2D eigenvalue weighted by Crippen LogP contribution is 2.31. The van der Waals surface area contributed by atoms with Crippen molar-refractivity contribution < 1.29 is 28.7 Å². The third-order valence-corrected chi connectivity index (χ3v) is 23.1. The number of carbonyl (C=O) groups excluding carboxylic acids is 4. The highest BCUT2D eigenvalue weighted by atomic mass is 127. The number of halogens is 6. The summed E-state index contributed by atoms with van der Waals surface area (Å²) in [7, 11) is 1.74. The van der Waals surface area contributed by atoms with Crippen molar-refractivity contribution in [2.75, 3.05) is 39.7 Å². The van der Waals surface area contributed by atoms with Crippen LogP contribution in [-0.2, 0) is 70.5 Å². The lowest BCUT2D eigenvalue weighted by Crippen LogP contribution is -2.36. The molecule has 38 nitrogen and oxygen atoms in total. The van der Waals surface area contributed by atoms with E-state index < -0.39 is 34.5 Å². The average Bonchev–Trinajstić information content (AvgIpc) is 1.75. The number of ether oxygens (including phenoxy) is 2. The van der Waals surface area contributed by atoms with Crippen molar-refractivity contribution >= 4 is 273 Å². The SMILES string of the molecule is CC(C)(C)OC(=O)n1c(=O)c(CBr)nc2ccccc21.CC(C)(C)OC(=O)n1c(=O)c(Cn2nc(I)c3c(N)ncnc32)nc2ccccc21.Cn1c(=O)c(Cn2nc(I)c3c(N)ncnc32)nc2ccccc21.Nc1ccccc1N.Nc1ncnc2c1C(I)=NC2.Nc1ncnc2c1c(I)nn2CC1=Nc2ccccc2CC1=O.O=C1Cc2ccccc2N=C1CBr. The molecule has 6 aromatic carbocycles. The van der Waals surface area contributed by atoms with Gasteiger partial charge in [0.1, 0.15) is 97.4 Å². The van der Waals surface area contributed by atoms with Gasteiger partial charge in [-0.15, -0.1) is 0 Å². The first-order valence-electron chi connectivity index (χ1n) is 38.8. The molecule has 0 amide bonds. The Kier molecular flexibility index (Phi) is 29.8. The van der Waals surface area contributed by atoms with Gasteiger partial charge in [0.05, 0.1) is 120 Å². The molecule has 10 aromatic heterocycles. The number of hydrogen-bond acceptors (Lipinski definition) is 32. The van der Waals surface area contributed by atoms with Crippen molar-refractivity contribution in [1.82, 2.24) is 97.9 Å². The standard InChI is InChI=1S/C19H18IN7O3.C15H12IN7O.C15H11IN6O.C14H15BrN2O3.C10H8BrNO.C6H5IN4.C6H8N2/c1-19(2,3)30-18(29)27-12-7-5-4-6-10(12)24-11(17(27)28)8-26-16-13(14(20)25-26)15(21)22-9-23-16;1-22-10-5-3-2-4-8(10)20-9(15(22)24)6-23-14-11(12(16)21-23)13(17)18-7-19-14;16-13-12-14(17)18-7-19-15(12)22(21-13)6-10-11(23)5-8-3-1-2-4-9(8)20-10;1-14(2,3)20-13(19)17-11-7-5-4-6-9(11)16-10(8-15)12(17)18;11-6-9-10(13)5-7-3-1-2-4-8(7)12-9;7-5-4-3(1-9-5)10-2-11-6(4)8;7-5-3-1-2-4-6(5)8/h4-7,9H,8H2,1-3H3,(H2,21,22,23);2-5,7H,6H2,1H3,(H2,17,18,19);1-4,7H,5-6H2,(H2,17,18,19);4-7H,8H2,1-3H3;1-4H,5-6H2;2H,1H2,(H2,8,10,11);1-4H,7-8H2. The molecule has 0 unspecified atom stereocenters. The Hall–Kier alpha value is -12.6. The maximum atomic E-state index is 13.2. The molecule has 0 bridgehead atoms. The predicted octanol–water partition coefficient (Wildman–Crippen LogP) is 12.7. The number of ketones is 2. The van der Waals surface area contributed by atoms with Crippen LogP contribution in [0, 0.1) is 11.1 Å². The largest absolute Gasteiger partial charge is 0.443 e. The number of rotatable bonds is 8. The van der Waals surface area contributed by atoms with E-state index in [2.05, 4.69) is 185 Å². The normalized spacial score (nSPS) is 12.5. The van der Waals surface area contributed by atoms with Crippen molar-refractivity contribution in [2.24, 2.45) is 22.0 Å². The number of nitrogens with zero attached hydrogens (tertiary/aromatic N) is 23. The van der Waals surface area contributed by atoms with Gasteiger partial charge in [-0.3, -0.25) is 29.0 Å². The number of hydrogen-bond donors (Lipinski definition) is 6. The van der Waals surface area contributed by atoms with E-state index in [0.717, 1.165) is 57.6 Å². The van der Waals surface area contributed by atoms with Gasteiger partial charge in [-0.1, -0.05) is 117 Å². The third kappa shape index (κ3) is 21.9. The zero-order valence-electron chi connectivity index (χ0n) is 69.5. The lowest BCUT2D eigenvalue weighted by atomic mass is 10.0. The summed E-state index contributed by atoms with van der Waals surface area (Å²) in [6, 6.07) is 44.0. The summed E-state index contributed by atoms with van der Waals surface area (Å²) in [5.41, 5.74) is 45.4. The third-order valence-electron chi connectivity index (χ3n) is 18.9. The molecule has 44 heteroatoms. The predicted molar refractivity (Wildman–Crippen MR) is 535 cm³/mol. The Morgan fingerprint density at radius 2 is 0.791 bits per heavy atom. The minimum atomic E-state index is -0.765. The lowest BCUT2D eigenvalue weighted by molar-refractivity contribution is -0.113. The Morgan fingerprint density at radius 3 is 1.22 bits per heavy atom. The fourth-order valence-electron chi connectivity index (χ4n) is 12.9. The number of nitrogens with two attached hydrogens (primary N) is 6. The van der Waals surface area contributed by atoms with Gasteiger partial charge in [0, 0.05) is 25.2 Å². The summed E-state index contributed by atoms with van der Waals surface area (Å²) in [6.45, 7) is 11.6. The van der Waals surface area contributed by atoms with E-state index in [1.54, 1.807) is 123 Å². The minimum Gasteiger partial charge on any atom is -0.443 e. The highest BCUT2D eigenvalue weighted by molar-refractivity contribution is 14.1. The van der Waals surface area contributed by atoms with E-state index in [-0.39, 0.29) is 53.5 Å². The molecule has 0 radical (unpaired) electrons. The zero-order chi connectivity index (χ0) is 92.4. The molecular weight excluding hydrogens is 2240 g/mol. The molecule has 0 spiro atoms. The number of fused-ring (bicyclic) bond motifs is 9. The molecule has 19 rings (SSSR count). The molecule has 13 heterocycles. The monoisotopic (exact) mass is 2310 g/mol. The first kappa shape index (κ1) is 94.1. The summed E-state index contributed by atoms with van der Waals surface area (Å²) in [6.07, 6.45) is 4.98. The van der Waals surface area contributed by atoms with Crippen LogP contribution in [0.3, 0.4) is 0 Å². The molecule has 0 aliphatic carbocycles. The number of anilines is 6. The van der Waals surface area contributed by atoms with Crippen LogP contribution in [0.1, 0.15) is 81.0 Å². The maximum Gasteiger partial charge on any atom is 0.422 e. The summed E-state index contributed by atoms with van der Waals surface area (Å²) < 4.78 is 22.1. The van der Waals surface area contributed by atoms with Gasteiger partial charge >= 0.3 is 12.2 Å². The van der Waals surface area contributed by atoms with E-state index in [4.69, 9.17) is 43.9 Å². The van der Waals surface area contributed by atoms with Crippen LogP contribution < -0.4 is 51.1 Å². The summed E-state index contributed by atoms with van der Waals surface area (Å²) >= 11 is 14.8. The molecule has 129 heavy (non-hydrogen) atoms. The lowest BCUT2D eigenvalue weighted by Gasteiger charge is -2.20.